The van der Waals surface area contributed by atoms with E-state index in [-0.39, 0.29) is 0 Å². The van der Waals surface area contributed by atoms with Gasteiger partial charge in [0.25, 0.3) is 0 Å². The normalized spacial score (nSPS) is 22.6. The molecule has 1 aliphatic heterocycles. The zero-order valence-electron chi connectivity index (χ0n) is 8.29. The second-order valence-electron chi connectivity index (χ2n) is 4.40. The van der Waals surface area contributed by atoms with Crippen molar-refractivity contribution >= 4 is 12.2 Å². The zero-order chi connectivity index (χ0) is 9.43. The van der Waals surface area contributed by atoms with E-state index < -0.39 is 0 Å². The van der Waals surface area contributed by atoms with Gasteiger partial charge in [0.1, 0.15) is 0 Å². The van der Waals surface area contributed by atoms with Crippen molar-refractivity contribution in [3.05, 3.63) is 34.7 Å². The number of hydrogen-bond acceptors (Lipinski definition) is 1. The molecule has 0 bridgehead atoms. The lowest BCUT2D eigenvalue weighted by molar-refractivity contribution is 0.386. The molecule has 0 atom stereocenters. The van der Waals surface area contributed by atoms with Crippen molar-refractivity contribution in [2.75, 3.05) is 13.1 Å². The maximum atomic E-state index is 3.42. The van der Waals surface area contributed by atoms with E-state index >= 15 is 0 Å². The van der Waals surface area contributed by atoms with Crippen LogP contribution in [0.15, 0.2) is 24.3 Å². The van der Waals surface area contributed by atoms with Gasteiger partial charge in [-0.05, 0) is 36.4 Å². The number of piperidine rings is 1. The minimum Gasteiger partial charge on any atom is -0.317 e. The average molecular weight is 185 g/mol. The van der Waals surface area contributed by atoms with Crippen molar-refractivity contribution in [1.29, 1.82) is 0 Å². The smallest absolute Gasteiger partial charge is 0.0103 e. The van der Waals surface area contributed by atoms with Crippen LogP contribution < -0.4 is 15.8 Å². The first-order valence-corrected chi connectivity index (χ1v) is 5.40. The molecule has 0 amide bonds. The molecule has 1 fully saturated rings. The molecule has 14 heavy (non-hydrogen) atoms. The van der Waals surface area contributed by atoms with Crippen molar-refractivity contribution in [2.24, 2.45) is 5.41 Å². The molecule has 1 heteroatoms. The van der Waals surface area contributed by atoms with Gasteiger partial charge in [-0.1, -0.05) is 36.4 Å². The van der Waals surface area contributed by atoms with E-state index in [1.165, 1.54) is 23.3 Å². The molecule has 1 N–H and O–H groups in total. The monoisotopic (exact) mass is 185 g/mol. The molecule has 1 aromatic carbocycles. The van der Waals surface area contributed by atoms with Gasteiger partial charge in [0, 0.05) is 5.41 Å². The van der Waals surface area contributed by atoms with E-state index in [4.69, 9.17) is 0 Å². The Morgan fingerprint density at radius 3 is 2.07 bits per heavy atom. The zero-order valence-corrected chi connectivity index (χ0v) is 8.29. The topological polar surface area (TPSA) is 12.0 Å². The van der Waals surface area contributed by atoms with Gasteiger partial charge < -0.3 is 5.32 Å². The summed E-state index contributed by atoms with van der Waals surface area (Å²) in [5.74, 6) is 0. The van der Waals surface area contributed by atoms with Gasteiger partial charge in [-0.2, -0.15) is 0 Å². The van der Waals surface area contributed by atoms with Gasteiger partial charge in [-0.15, -0.1) is 0 Å². The third-order valence-corrected chi connectivity index (χ3v) is 3.42. The number of rotatable bonds is 0. The van der Waals surface area contributed by atoms with Crippen LogP contribution in [0.5, 0.6) is 0 Å². The third-order valence-electron chi connectivity index (χ3n) is 3.42. The van der Waals surface area contributed by atoms with Gasteiger partial charge in [0.05, 0.1) is 0 Å². The summed E-state index contributed by atoms with van der Waals surface area (Å²) in [5, 5.41) is 6.27. The highest BCUT2D eigenvalue weighted by Gasteiger charge is 2.28. The van der Waals surface area contributed by atoms with E-state index in [2.05, 4.69) is 41.7 Å². The average Bonchev–Trinajstić information content (AvgIpc) is 2.56. The van der Waals surface area contributed by atoms with Gasteiger partial charge in [-0.3, -0.25) is 0 Å². The highest BCUT2D eigenvalue weighted by atomic mass is 14.9. The highest BCUT2D eigenvalue weighted by molar-refractivity contribution is 5.57. The minimum atomic E-state index is 0.370. The summed E-state index contributed by atoms with van der Waals surface area (Å²) in [7, 11) is 0. The maximum Gasteiger partial charge on any atom is 0.0103 e. The third kappa shape index (κ3) is 1.20. The highest BCUT2D eigenvalue weighted by Crippen LogP contribution is 2.33. The summed E-state index contributed by atoms with van der Waals surface area (Å²) in [5.41, 5.74) is 0.370. The first-order valence-electron chi connectivity index (χ1n) is 5.40. The van der Waals surface area contributed by atoms with E-state index in [1.54, 1.807) is 0 Å². The molecule has 1 aromatic rings. The largest absolute Gasteiger partial charge is 0.317 e. The molecule has 2 aliphatic rings. The lowest BCUT2D eigenvalue weighted by atomic mass is 9.80. The van der Waals surface area contributed by atoms with Crippen LogP contribution in [0.1, 0.15) is 12.8 Å². The molecular weight excluding hydrogens is 170 g/mol. The van der Waals surface area contributed by atoms with Crippen LogP contribution in [0.25, 0.3) is 12.2 Å². The quantitative estimate of drug-likeness (QED) is 0.625. The fourth-order valence-electron chi connectivity index (χ4n) is 2.62. The SMILES string of the molecule is C1=c2ccccc2=CC12CCNCC2. The number of fused-ring (bicyclic) bond motifs is 1. The molecule has 1 heterocycles. The Labute approximate surface area is 84.1 Å². The summed E-state index contributed by atoms with van der Waals surface area (Å²) in [4.78, 5) is 0. The van der Waals surface area contributed by atoms with Gasteiger partial charge >= 0.3 is 0 Å². The van der Waals surface area contributed by atoms with Crippen LogP contribution in [0.4, 0.5) is 0 Å². The predicted molar refractivity (Wildman–Crippen MR) is 59.2 cm³/mol. The van der Waals surface area contributed by atoms with E-state index in [0.29, 0.717) is 5.41 Å². The molecule has 1 spiro atoms. The van der Waals surface area contributed by atoms with E-state index in [9.17, 15) is 0 Å². The van der Waals surface area contributed by atoms with Crippen LogP contribution >= 0.6 is 0 Å². The Morgan fingerprint density at radius 2 is 1.50 bits per heavy atom. The summed E-state index contributed by atoms with van der Waals surface area (Å²) in [6.45, 7) is 2.31. The molecule has 1 aliphatic carbocycles. The van der Waals surface area contributed by atoms with Gasteiger partial charge in [0.15, 0.2) is 0 Å². The van der Waals surface area contributed by atoms with Crippen molar-refractivity contribution < 1.29 is 0 Å². The molecular formula is C13H15N. The van der Waals surface area contributed by atoms with Crippen LogP contribution in [0.2, 0.25) is 0 Å². The lowest BCUT2D eigenvalue weighted by Gasteiger charge is -2.30. The Balaban J connectivity index is 2.12. The molecule has 0 radical (unpaired) electrons. The van der Waals surface area contributed by atoms with Crippen molar-refractivity contribution in [3.8, 4) is 0 Å². The molecule has 1 saturated heterocycles. The molecule has 0 saturated carbocycles. The fourth-order valence-corrected chi connectivity index (χ4v) is 2.62. The fraction of sp³-hybridized carbons (Fsp3) is 0.385. The Morgan fingerprint density at radius 1 is 0.929 bits per heavy atom. The Hall–Kier alpha value is -1.08. The Kier molecular flexibility index (Phi) is 1.74. The molecule has 1 nitrogen and oxygen atoms in total. The van der Waals surface area contributed by atoms with Crippen LogP contribution in [-0.4, -0.2) is 13.1 Å². The van der Waals surface area contributed by atoms with Crippen molar-refractivity contribution in [3.63, 3.8) is 0 Å². The number of nitrogens with one attached hydrogen (secondary N) is 1. The van der Waals surface area contributed by atoms with Crippen LogP contribution in [-0.2, 0) is 0 Å². The summed E-state index contributed by atoms with van der Waals surface area (Å²) >= 11 is 0. The van der Waals surface area contributed by atoms with Gasteiger partial charge in [0.2, 0.25) is 0 Å². The van der Waals surface area contributed by atoms with Crippen molar-refractivity contribution in [2.45, 2.75) is 12.8 Å². The van der Waals surface area contributed by atoms with E-state index in [0.717, 1.165) is 13.1 Å². The summed E-state index contributed by atoms with van der Waals surface area (Å²) in [6, 6.07) is 8.71. The minimum absolute atomic E-state index is 0.370. The van der Waals surface area contributed by atoms with Crippen LogP contribution in [0.3, 0.4) is 0 Å². The first kappa shape index (κ1) is 8.25. The van der Waals surface area contributed by atoms with Crippen molar-refractivity contribution in [1.82, 2.24) is 5.32 Å². The number of benzene rings is 1. The summed E-state index contributed by atoms with van der Waals surface area (Å²) in [6.07, 6.45) is 7.43. The maximum absolute atomic E-state index is 3.42. The Bertz CT molecular complexity index is 415. The predicted octanol–water partition coefficient (Wildman–Crippen LogP) is 0.631. The van der Waals surface area contributed by atoms with E-state index in [1.807, 2.05) is 0 Å². The van der Waals surface area contributed by atoms with Gasteiger partial charge in [-0.25, -0.2) is 0 Å². The second kappa shape index (κ2) is 2.96. The number of hydrogen-bond donors (Lipinski definition) is 1. The lowest BCUT2D eigenvalue weighted by Crippen LogP contribution is -2.33. The first-order chi connectivity index (χ1) is 6.88. The molecule has 0 aromatic heterocycles. The molecule has 72 valence electrons. The van der Waals surface area contributed by atoms with Crippen LogP contribution in [0, 0.1) is 5.41 Å². The molecule has 0 unspecified atom stereocenters. The second-order valence-corrected chi connectivity index (χ2v) is 4.40. The summed E-state index contributed by atoms with van der Waals surface area (Å²) < 4.78 is 0. The standard InChI is InChI=1S/C13H15N/c1-2-4-12-10-13(9-11(12)3-1)5-7-14-8-6-13/h1-4,9-10,14H,5-8H2. The molecule has 3 rings (SSSR count).